The number of amides is 2. The second-order valence-electron chi connectivity index (χ2n) is 9.29. The molecule has 0 saturated heterocycles. The van der Waals surface area contributed by atoms with Crippen molar-refractivity contribution in [1.82, 2.24) is 10.2 Å². The molecule has 2 amide bonds. The monoisotopic (exact) mass is 438 g/mol. The molecule has 0 aliphatic heterocycles. The molecule has 2 aromatic carbocycles. The highest BCUT2D eigenvalue weighted by atomic mass is 16.5. The predicted molar refractivity (Wildman–Crippen MR) is 130 cm³/mol. The molecule has 2 aromatic rings. The maximum atomic E-state index is 13.2. The van der Waals surface area contributed by atoms with Gasteiger partial charge in [-0.3, -0.25) is 9.59 Å². The number of aryl methyl sites for hydroxylation is 1. The van der Waals surface area contributed by atoms with E-state index in [1.165, 1.54) is 5.56 Å². The van der Waals surface area contributed by atoms with Crippen LogP contribution in [0.4, 0.5) is 0 Å². The molecule has 1 N–H and O–H groups in total. The van der Waals surface area contributed by atoms with Crippen LogP contribution in [0.3, 0.4) is 0 Å². The van der Waals surface area contributed by atoms with Gasteiger partial charge in [0.15, 0.2) is 0 Å². The molecule has 0 fully saturated rings. The van der Waals surface area contributed by atoms with Gasteiger partial charge in [-0.25, -0.2) is 0 Å². The molecule has 0 heterocycles. The summed E-state index contributed by atoms with van der Waals surface area (Å²) < 4.78 is 5.31. The molecule has 0 saturated carbocycles. The van der Waals surface area contributed by atoms with Crippen LogP contribution < -0.4 is 10.1 Å². The van der Waals surface area contributed by atoms with Crippen molar-refractivity contribution in [2.75, 3.05) is 13.7 Å². The molecular weight excluding hydrogens is 400 g/mol. The van der Waals surface area contributed by atoms with Gasteiger partial charge in [0.05, 0.1) is 7.11 Å². The number of nitrogens with zero attached hydrogens (tertiary/aromatic N) is 1. The number of hydrogen-bond acceptors (Lipinski definition) is 3. The molecule has 1 unspecified atom stereocenters. The molecule has 5 heteroatoms. The zero-order chi connectivity index (χ0) is 23.7. The molecule has 0 spiro atoms. The lowest BCUT2D eigenvalue weighted by molar-refractivity contribution is -0.140. The second kappa shape index (κ2) is 11.7. The number of methoxy groups -OCH3 is 1. The SMILES string of the molecule is CCCNC(=O)C(C)N(Cc1cccc(OC)c1)C(=O)CCc1ccc(C(C)(C)C)cc1. The van der Waals surface area contributed by atoms with Crippen molar-refractivity contribution in [2.24, 2.45) is 0 Å². The number of ether oxygens (including phenoxy) is 1. The van der Waals surface area contributed by atoms with Gasteiger partial charge in [0.1, 0.15) is 11.8 Å². The van der Waals surface area contributed by atoms with E-state index in [-0.39, 0.29) is 17.2 Å². The Morgan fingerprint density at radius 1 is 1.06 bits per heavy atom. The van der Waals surface area contributed by atoms with Gasteiger partial charge in [-0.15, -0.1) is 0 Å². The summed E-state index contributed by atoms with van der Waals surface area (Å²) in [6.45, 7) is 11.3. The highest BCUT2D eigenvalue weighted by Gasteiger charge is 2.26. The van der Waals surface area contributed by atoms with E-state index in [4.69, 9.17) is 4.74 Å². The van der Waals surface area contributed by atoms with Crippen molar-refractivity contribution in [1.29, 1.82) is 0 Å². The standard InChI is InChI=1S/C27H38N2O3/c1-7-17-28-26(31)20(2)29(19-22-9-8-10-24(18-22)32-6)25(30)16-13-21-11-14-23(15-12-21)27(3,4)5/h8-12,14-15,18,20H,7,13,16-17,19H2,1-6H3,(H,28,31). The van der Waals surface area contributed by atoms with E-state index in [9.17, 15) is 9.59 Å². The molecule has 32 heavy (non-hydrogen) atoms. The summed E-state index contributed by atoms with van der Waals surface area (Å²) in [6, 6.07) is 15.5. The molecular formula is C27H38N2O3. The number of carbonyl (C=O) groups excluding carboxylic acids is 2. The fourth-order valence-electron chi connectivity index (χ4n) is 3.51. The summed E-state index contributed by atoms with van der Waals surface area (Å²) in [4.78, 5) is 27.5. The lowest BCUT2D eigenvalue weighted by atomic mass is 9.86. The lowest BCUT2D eigenvalue weighted by Gasteiger charge is -2.29. The third kappa shape index (κ3) is 7.40. The lowest BCUT2D eigenvalue weighted by Crippen LogP contribution is -2.47. The Balaban J connectivity index is 2.14. The number of rotatable bonds is 10. The molecule has 174 valence electrons. The molecule has 0 radical (unpaired) electrons. The van der Waals surface area contributed by atoms with Crippen molar-refractivity contribution in [2.45, 2.75) is 71.9 Å². The Hall–Kier alpha value is -2.82. The Labute approximate surface area is 193 Å². The van der Waals surface area contributed by atoms with Crippen molar-refractivity contribution in [3.63, 3.8) is 0 Å². The van der Waals surface area contributed by atoms with Gasteiger partial charge in [0, 0.05) is 19.5 Å². The molecule has 0 bridgehead atoms. The third-order valence-corrected chi connectivity index (χ3v) is 5.65. The zero-order valence-electron chi connectivity index (χ0n) is 20.4. The first-order valence-electron chi connectivity index (χ1n) is 11.4. The van der Waals surface area contributed by atoms with Gasteiger partial charge in [0.2, 0.25) is 11.8 Å². The van der Waals surface area contributed by atoms with Crippen LogP contribution >= 0.6 is 0 Å². The fraction of sp³-hybridized carbons (Fsp3) is 0.481. The third-order valence-electron chi connectivity index (χ3n) is 5.65. The van der Waals surface area contributed by atoms with Crippen molar-refractivity contribution in [3.05, 3.63) is 65.2 Å². The highest BCUT2D eigenvalue weighted by Crippen LogP contribution is 2.23. The van der Waals surface area contributed by atoms with Crippen LogP contribution in [0.15, 0.2) is 48.5 Å². The summed E-state index contributed by atoms with van der Waals surface area (Å²) in [5.41, 5.74) is 3.43. The second-order valence-corrected chi connectivity index (χ2v) is 9.29. The van der Waals surface area contributed by atoms with Crippen molar-refractivity contribution >= 4 is 11.8 Å². The average Bonchev–Trinajstić information content (AvgIpc) is 2.78. The number of nitrogens with one attached hydrogen (secondary N) is 1. The summed E-state index contributed by atoms with van der Waals surface area (Å²) in [7, 11) is 1.62. The predicted octanol–water partition coefficient (Wildman–Crippen LogP) is 4.87. The Morgan fingerprint density at radius 2 is 1.75 bits per heavy atom. The van der Waals surface area contributed by atoms with E-state index < -0.39 is 6.04 Å². The van der Waals surface area contributed by atoms with E-state index in [0.29, 0.717) is 25.9 Å². The van der Waals surface area contributed by atoms with Crippen LogP contribution in [0, 0.1) is 0 Å². The molecule has 5 nitrogen and oxygen atoms in total. The summed E-state index contributed by atoms with van der Waals surface area (Å²) in [5, 5.41) is 2.91. The Kier molecular flexibility index (Phi) is 9.30. The fourth-order valence-corrected chi connectivity index (χ4v) is 3.51. The van der Waals surface area contributed by atoms with E-state index in [1.54, 1.807) is 18.9 Å². The number of hydrogen-bond donors (Lipinski definition) is 1. The first kappa shape index (κ1) is 25.4. The van der Waals surface area contributed by atoms with Gasteiger partial charge in [0.25, 0.3) is 0 Å². The first-order valence-corrected chi connectivity index (χ1v) is 11.4. The molecule has 0 aliphatic rings. The highest BCUT2D eigenvalue weighted by molar-refractivity contribution is 5.87. The maximum Gasteiger partial charge on any atom is 0.242 e. The minimum absolute atomic E-state index is 0.0353. The smallest absolute Gasteiger partial charge is 0.242 e. The van der Waals surface area contributed by atoms with Crippen LogP contribution in [0.25, 0.3) is 0 Å². The number of carbonyl (C=O) groups is 2. The molecule has 0 aromatic heterocycles. The summed E-state index contributed by atoms with van der Waals surface area (Å²) in [6.07, 6.45) is 1.85. The van der Waals surface area contributed by atoms with Gasteiger partial charge in [-0.2, -0.15) is 0 Å². The Morgan fingerprint density at radius 3 is 2.34 bits per heavy atom. The molecule has 0 aliphatic carbocycles. The van der Waals surface area contributed by atoms with E-state index in [1.807, 2.05) is 31.2 Å². The Bertz CT molecular complexity index is 885. The van der Waals surface area contributed by atoms with Gasteiger partial charge in [-0.05, 0) is 54.0 Å². The minimum atomic E-state index is -0.552. The largest absolute Gasteiger partial charge is 0.497 e. The normalized spacial score (nSPS) is 12.2. The maximum absolute atomic E-state index is 13.2. The van der Waals surface area contributed by atoms with Crippen LogP contribution in [0.5, 0.6) is 5.75 Å². The summed E-state index contributed by atoms with van der Waals surface area (Å²) >= 11 is 0. The topological polar surface area (TPSA) is 58.6 Å². The average molecular weight is 439 g/mol. The van der Waals surface area contributed by atoms with Gasteiger partial charge >= 0.3 is 0 Å². The van der Waals surface area contributed by atoms with Gasteiger partial charge < -0.3 is 15.0 Å². The minimum Gasteiger partial charge on any atom is -0.497 e. The van der Waals surface area contributed by atoms with Crippen LogP contribution in [-0.4, -0.2) is 36.4 Å². The van der Waals surface area contributed by atoms with Crippen molar-refractivity contribution in [3.8, 4) is 5.75 Å². The quantitative estimate of drug-likeness (QED) is 0.576. The van der Waals surface area contributed by atoms with E-state index in [0.717, 1.165) is 23.3 Å². The van der Waals surface area contributed by atoms with Crippen LogP contribution in [0.2, 0.25) is 0 Å². The number of benzene rings is 2. The van der Waals surface area contributed by atoms with Gasteiger partial charge in [-0.1, -0.05) is 64.1 Å². The summed E-state index contributed by atoms with van der Waals surface area (Å²) in [5.74, 6) is 0.571. The molecule has 2 rings (SSSR count). The van der Waals surface area contributed by atoms with Crippen LogP contribution in [0.1, 0.15) is 64.2 Å². The van der Waals surface area contributed by atoms with Crippen LogP contribution in [-0.2, 0) is 28.0 Å². The first-order chi connectivity index (χ1) is 15.2. The molecule has 1 atom stereocenters. The van der Waals surface area contributed by atoms with E-state index >= 15 is 0 Å². The zero-order valence-corrected chi connectivity index (χ0v) is 20.4. The van der Waals surface area contributed by atoms with Crippen molar-refractivity contribution < 1.29 is 14.3 Å². The van der Waals surface area contributed by atoms with E-state index in [2.05, 4.69) is 50.4 Å².